The van der Waals surface area contributed by atoms with Gasteiger partial charge in [0.25, 0.3) is 0 Å². The van der Waals surface area contributed by atoms with Crippen molar-refractivity contribution in [3.63, 3.8) is 0 Å². The molecule has 0 fully saturated rings. The smallest absolute Gasteiger partial charge is 0.445 e. The first-order valence-electron chi connectivity index (χ1n) is 4.63. The van der Waals surface area contributed by atoms with Crippen LogP contribution in [0, 0.1) is 0 Å². The Kier molecular flexibility index (Phi) is 3.58. The molecule has 0 amide bonds. The predicted molar refractivity (Wildman–Crippen MR) is 57.2 cm³/mol. The minimum absolute atomic E-state index is 0.102. The Morgan fingerprint density at radius 3 is 2.13 bits per heavy atom. The summed E-state index contributed by atoms with van der Waals surface area (Å²) >= 11 is 0. The van der Waals surface area contributed by atoms with Crippen molar-refractivity contribution in [2.75, 3.05) is 0 Å². The van der Waals surface area contributed by atoms with Crippen molar-refractivity contribution in [1.29, 1.82) is 0 Å². The number of halogens is 3. The largest absolute Gasteiger partial charge is 0.502 e. The van der Waals surface area contributed by atoms with Gasteiger partial charge in [0.05, 0.1) is 0 Å². The first-order chi connectivity index (χ1) is 6.88. The van der Waals surface area contributed by atoms with Crippen LogP contribution < -0.4 is 5.73 Å². The first kappa shape index (κ1) is 11.8. The van der Waals surface area contributed by atoms with Crippen molar-refractivity contribution < 1.29 is 12.9 Å². The van der Waals surface area contributed by atoms with Crippen LogP contribution in [0.25, 0.3) is 6.08 Å². The van der Waals surface area contributed by atoms with Crippen molar-refractivity contribution >= 4 is 13.1 Å². The molecule has 1 atom stereocenters. The second kappa shape index (κ2) is 4.53. The van der Waals surface area contributed by atoms with E-state index < -0.39 is 6.98 Å². The van der Waals surface area contributed by atoms with Crippen molar-refractivity contribution in [1.82, 2.24) is 0 Å². The number of nitrogens with two attached hydrogens (primary N) is 1. The summed E-state index contributed by atoms with van der Waals surface area (Å²) in [6.07, 6.45) is 1.06. The van der Waals surface area contributed by atoms with Crippen molar-refractivity contribution in [2.45, 2.75) is 13.0 Å². The van der Waals surface area contributed by atoms with E-state index in [1.54, 1.807) is 24.3 Å². The molecule has 82 valence electrons. The van der Waals surface area contributed by atoms with Gasteiger partial charge in [-0.15, -0.1) is 5.98 Å². The average molecular weight is 214 g/mol. The van der Waals surface area contributed by atoms with Crippen molar-refractivity contribution in [2.24, 2.45) is 5.73 Å². The summed E-state index contributed by atoms with van der Waals surface area (Å²) in [7, 11) is 0. The van der Waals surface area contributed by atoms with E-state index in [1.807, 2.05) is 6.92 Å². The zero-order valence-corrected chi connectivity index (χ0v) is 8.33. The fourth-order valence-electron chi connectivity index (χ4n) is 1.13. The highest BCUT2D eigenvalue weighted by Gasteiger charge is 2.16. The van der Waals surface area contributed by atoms with Crippen LogP contribution in [0.5, 0.6) is 0 Å². The zero-order chi connectivity index (χ0) is 11.5. The molecule has 1 aromatic carbocycles. The average Bonchev–Trinajstić information content (AvgIpc) is 2.14. The van der Waals surface area contributed by atoms with Crippen LogP contribution in [0.1, 0.15) is 24.1 Å². The topological polar surface area (TPSA) is 26.0 Å². The van der Waals surface area contributed by atoms with E-state index in [2.05, 4.69) is 0 Å². The minimum Gasteiger partial charge on any atom is -0.445 e. The fraction of sp³-hybridized carbons (Fsp3) is 0.200. The second-order valence-electron chi connectivity index (χ2n) is 3.44. The number of benzene rings is 1. The molecule has 0 radical (unpaired) electrons. The summed E-state index contributed by atoms with van der Waals surface area (Å²) in [5, 5.41) is 0. The lowest BCUT2D eigenvalue weighted by Crippen LogP contribution is -2.09. The first-order valence-corrected chi connectivity index (χ1v) is 4.63. The second-order valence-corrected chi connectivity index (χ2v) is 3.44. The van der Waals surface area contributed by atoms with E-state index in [9.17, 15) is 12.9 Å². The lowest BCUT2D eigenvalue weighted by Gasteiger charge is -2.07. The summed E-state index contributed by atoms with van der Waals surface area (Å²) in [5.41, 5.74) is 7.05. The number of rotatable bonds is 3. The molecule has 2 N–H and O–H groups in total. The molecule has 1 rings (SSSR count). The maximum Gasteiger partial charge on any atom is 0.502 e. The molecule has 1 unspecified atom stereocenters. The Morgan fingerprint density at radius 2 is 1.73 bits per heavy atom. The van der Waals surface area contributed by atoms with Gasteiger partial charge in [0.2, 0.25) is 0 Å². The maximum atomic E-state index is 11.9. The van der Waals surface area contributed by atoms with Crippen LogP contribution in [0.15, 0.2) is 30.2 Å². The van der Waals surface area contributed by atoms with Gasteiger partial charge >= 0.3 is 6.98 Å². The third-order valence-electron chi connectivity index (χ3n) is 1.97. The van der Waals surface area contributed by atoms with Gasteiger partial charge in [-0.2, -0.15) is 0 Å². The summed E-state index contributed by atoms with van der Waals surface area (Å²) in [6.45, 7) is -3.03. The lowest BCUT2D eigenvalue weighted by molar-refractivity contribution is 0.499. The highest BCUT2D eigenvalue weighted by molar-refractivity contribution is 6.64. The van der Waals surface area contributed by atoms with Gasteiger partial charge in [0.1, 0.15) is 0 Å². The summed E-state index contributed by atoms with van der Waals surface area (Å²) in [4.78, 5) is 0. The summed E-state index contributed by atoms with van der Waals surface area (Å²) < 4.78 is 35.7. The van der Waals surface area contributed by atoms with Gasteiger partial charge in [-0.25, -0.2) is 0 Å². The van der Waals surface area contributed by atoms with Gasteiger partial charge in [0, 0.05) is 6.04 Å². The highest BCUT2D eigenvalue weighted by Crippen LogP contribution is 2.15. The van der Waals surface area contributed by atoms with E-state index in [4.69, 9.17) is 5.73 Å². The van der Waals surface area contributed by atoms with Crippen LogP contribution in [-0.2, 0) is 0 Å². The molecule has 0 saturated carbocycles. The van der Waals surface area contributed by atoms with Crippen molar-refractivity contribution in [3.05, 3.63) is 41.4 Å². The standard InChI is InChI=1S/C10H12BF3N/c1-8(15)10-4-2-9(3-5-10)6-7-11(12,13)14/h2-8H,15H2,1H3/q-1/b7-6+. The number of hydrogen-bond acceptors (Lipinski definition) is 1. The third kappa shape index (κ3) is 4.21. The van der Waals surface area contributed by atoms with E-state index in [1.165, 1.54) is 0 Å². The van der Waals surface area contributed by atoms with Crippen LogP contribution >= 0.6 is 0 Å². The quantitative estimate of drug-likeness (QED) is 0.768. The molecule has 1 nitrogen and oxygen atoms in total. The molecular weight excluding hydrogens is 202 g/mol. The third-order valence-corrected chi connectivity index (χ3v) is 1.97. The van der Waals surface area contributed by atoms with E-state index in [0.29, 0.717) is 5.56 Å². The Bertz CT molecular complexity index is 341. The van der Waals surface area contributed by atoms with Gasteiger partial charge in [-0.05, 0) is 18.1 Å². The molecule has 0 aromatic heterocycles. The van der Waals surface area contributed by atoms with Gasteiger partial charge < -0.3 is 18.7 Å². The molecule has 0 aliphatic carbocycles. The van der Waals surface area contributed by atoms with Crippen molar-refractivity contribution in [3.8, 4) is 0 Å². The Morgan fingerprint density at radius 1 is 1.20 bits per heavy atom. The highest BCUT2D eigenvalue weighted by atomic mass is 19.4. The van der Waals surface area contributed by atoms with Crippen LogP contribution in [0.4, 0.5) is 12.9 Å². The minimum atomic E-state index is -4.86. The van der Waals surface area contributed by atoms with Gasteiger partial charge in [0.15, 0.2) is 0 Å². The summed E-state index contributed by atoms with van der Waals surface area (Å²) in [6, 6.07) is 6.60. The number of hydrogen-bond donors (Lipinski definition) is 1. The normalized spacial score (nSPS) is 14.5. The molecule has 0 spiro atoms. The molecule has 0 aliphatic heterocycles. The lowest BCUT2D eigenvalue weighted by atomic mass is 9.90. The van der Waals surface area contributed by atoms with Crippen LogP contribution in [0.3, 0.4) is 0 Å². The van der Waals surface area contributed by atoms with Crippen LogP contribution in [0.2, 0.25) is 0 Å². The summed E-state index contributed by atoms with van der Waals surface area (Å²) in [5.74, 6) is 0.279. The maximum absolute atomic E-state index is 11.9. The SMILES string of the molecule is CC(N)c1ccc(/C=C/[B-](F)(F)F)cc1. The molecule has 15 heavy (non-hydrogen) atoms. The van der Waals surface area contributed by atoms with E-state index in [-0.39, 0.29) is 12.0 Å². The van der Waals surface area contributed by atoms with Gasteiger partial charge in [-0.3, -0.25) is 0 Å². The van der Waals surface area contributed by atoms with E-state index >= 15 is 0 Å². The molecule has 0 saturated heterocycles. The zero-order valence-electron chi connectivity index (χ0n) is 8.33. The molecule has 0 heterocycles. The Labute approximate surface area is 86.8 Å². The fourth-order valence-corrected chi connectivity index (χ4v) is 1.13. The Hall–Kier alpha value is -1.23. The molecule has 5 heteroatoms. The van der Waals surface area contributed by atoms with Crippen LogP contribution in [-0.4, -0.2) is 6.98 Å². The Balaban J connectivity index is 2.77. The molecule has 0 aliphatic rings. The van der Waals surface area contributed by atoms with E-state index in [0.717, 1.165) is 11.6 Å². The monoisotopic (exact) mass is 214 g/mol. The predicted octanol–water partition coefficient (Wildman–Crippen LogP) is 3.11. The van der Waals surface area contributed by atoms with Gasteiger partial charge in [-0.1, -0.05) is 30.3 Å². The molecular formula is C10H12BF3N-. The molecule has 1 aromatic rings. The molecule has 0 bridgehead atoms.